The van der Waals surface area contributed by atoms with E-state index in [4.69, 9.17) is 9.47 Å². The Labute approximate surface area is 186 Å². The second-order valence-corrected chi connectivity index (χ2v) is 9.19. The summed E-state index contributed by atoms with van der Waals surface area (Å²) in [5.74, 6) is -2.02. The quantitative estimate of drug-likeness (QED) is 0.632. The predicted octanol–water partition coefficient (Wildman–Crippen LogP) is 3.05. The van der Waals surface area contributed by atoms with Crippen molar-refractivity contribution < 1.29 is 31.9 Å². The smallest absolute Gasteiger partial charge is 0.338 e. The van der Waals surface area contributed by atoms with Crippen molar-refractivity contribution in [2.24, 2.45) is 5.92 Å². The molecule has 172 valence electrons. The lowest BCUT2D eigenvalue weighted by Crippen LogP contribution is -2.43. The van der Waals surface area contributed by atoms with Crippen LogP contribution >= 0.6 is 0 Å². The van der Waals surface area contributed by atoms with Crippen molar-refractivity contribution in [2.45, 2.75) is 24.7 Å². The lowest BCUT2D eigenvalue weighted by molar-refractivity contribution is -0.120. The summed E-state index contributed by atoms with van der Waals surface area (Å²) in [5.41, 5.74) is 0.846. The molecule has 1 amide bonds. The van der Waals surface area contributed by atoms with Crippen molar-refractivity contribution in [3.63, 3.8) is 0 Å². The first-order chi connectivity index (χ1) is 15.3. The Morgan fingerprint density at radius 1 is 1.19 bits per heavy atom. The summed E-state index contributed by atoms with van der Waals surface area (Å²) in [7, 11) is -2.74. The van der Waals surface area contributed by atoms with E-state index in [2.05, 4.69) is 5.32 Å². The molecule has 1 aliphatic rings. The van der Waals surface area contributed by atoms with Gasteiger partial charge in [0.05, 0.1) is 25.2 Å². The van der Waals surface area contributed by atoms with Crippen LogP contribution in [0.3, 0.4) is 0 Å². The minimum Gasteiger partial charge on any atom is -0.495 e. The fourth-order valence-corrected chi connectivity index (χ4v) is 5.21. The van der Waals surface area contributed by atoms with Crippen LogP contribution in [0.15, 0.2) is 47.4 Å². The summed E-state index contributed by atoms with van der Waals surface area (Å²) in [6.45, 7) is 2.17. The molecule has 32 heavy (non-hydrogen) atoms. The second-order valence-electron chi connectivity index (χ2n) is 7.28. The fraction of sp³-hybridized carbons (Fsp3) is 0.364. The molecule has 1 unspecified atom stereocenters. The normalized spacial score (nSPS) is 16.9. The molecule has 0 aromatic heterocycles. The third-order valence-corrected chi connectivity index (χ3v) is 7.05. The molecular formula is C22H25FN2O6S. The molecule has 2 aromatic carbocycles. The van der Waals surface area contributed by atoms with E-state index in [0.29, 0.717) is 24.1 Å². The summed E-state index contributed by atoms with van der Waals surface area (Å²) in [5, 5.41) is 2.76. The van der Waals surface area contributed by atoms with Crippen LogP contribution in [0.5, 0.6) is 5.75 Å². The van der Waals surface area contributed by atoms with E-state index in [0.717, 1.165) is 12.1 Å². The van der Waals surface area contributed by atoms with E-state index < -0.39 is 27.7 Å². The second kappa shape index (κ2) is 10.1. The maximum atomic E-state index is 13.7. The maximum Gasteiger partial charge on any atom is 0.338 e. The molecule has 3 rings (SSSR count). The molecule has 0 spiro atoms. The first-order valence-electron chi connectivity index (χ1n) is 10.2. The topological polar surface area (TPSA) is 102 Å². The highest BCUT2D eigenvalue weighted by Gasteiger charge is 2.35. The molecule has 1 fully saturated rings. The number of nitrogens with zero attached hydrogens (tertiary/aromatic N) is 1. The van der Waals surface area contributed by atoms with Crippen molar-refractivity contribution in [2.75, 3.05) is 32.1 Å². The number of hydrogen-bond acceptors (Lipinski definition) is 6. The van der Waals surface area contributed by atoms with Crippen LogP contribution in [-0.2, 0) is 19.6 Å². The SMILES string of the molecule is CCOC(=O)c1ccc(NC(=O)C2CCCN(S(=O)(=O)c3cc(F)ccc3OC)C2)cc1. The largest absolute Gasteiger partial charge is 0.495 e. The van der Waals surface area contributed by atoms with E-state index in [1.54, 1.807) is 31.2 Å². The van der Waals surface area contributed by atoms with Crippen LogP contribution in [0.25, 0.3) is 0 Å². The number of carbonyl (C=O) groups is 2. The van der Waals surface area contributed by atoms with Gasteiger partial charge in [-0.3, -0.25) is 4.79 Å². The van der Waals surface area contributed by atoms with Crippen LogP contribution in [0.4, 0.5) is 10.1 Å². The summed E-state index contributed by atoms with van der Waals surface area (Å²) in [4.78, 5) is 24.2. The number of halogens is 1. The number of carbonyl (C=O) groups excluding carboxylic acids is 2. The third-order valence-electron chi connectivity index (χ3n) is 5.16. The molecular weight excluding hydrogens is 439 g/mol. The van der Waals surface area contributed by atoms with Gasteiger partial charge in [-0.15, -0.1) is 0 Å². The lowest BCUT2D eigenvalue weighted by atomic mass is 9.98. The summed E-state index contributed by atoms with van der Waals surface area (Å²) in [6.07, 6.45) is 0.996. The first kappa shape index (κ1) is 23.7. The van der Waals surface area contributed by atoms with Gasteiger partial charge in [0.2, 0.25) is 15.9 Å². The Balaban J connectivity index is 1.71. The van der Waals surface area contributed by atoms with Gasteiger partial charge in [-0.05, 0) is 62.2 Å². The van der Waals surface area contributed by atoms with Gasteiger partial charge in [0.25, 0.3) is 0 Å². The number of benzene rings is 2. The molecule has 0 bridgehead atoms. The van der Waals surface area contributed by atoms with Gasteiger partial charge in [-0.2, -0.15) is 4.31 Å². The average Bonchev–Trinajstić information content (AvgIpc) is 2.79. The summed E-state index contributed by atoms with van der Waals surface area (Å²) >= 11 is 0. The van der Waals surface area contributed by atoms with Gasteiger partial charge in [0, 0.05) is 18.8 Å². The molecule has 0 aliphatic carbocycles. The van der Waals surface area contributed by atoms with Gasteiger partial charge in [0.15, 0.2) is 0 Å². The average molecular weight is 465 g/mol. The number of piperidine rings is 1. The van der Waals surface area contributed by atoms with Crippen molar-refractivity contribution in [1.82, 2.24) is 4.31 Å². The molecule has 8 nitrogen and oxygen atoms in total. The molecule has 1 atom stereocenters. The number of methoxy groups -OCH3 is 1. The van der Waals surface area contributed by atoms with Crippen LogP contribution in [0.2, 0.25) is 0 Å². The van der Waals surface area contributed by atoms with Gasteiger partial charge in [-0.1, -0.05) is 0 Å². The van der Waals surface area contributed by atoms with Crippen LogP contribution in [0.1, 0.15) is 30.1 Å². The number of ether oxygens (including phenoxy) is 2. The minimum absolute atomic E-state index is 0.0330. The van der Waals surface area contributed by atoms with Crippen molar-refractivity contribution in [3.8, 4) is 5.75 Å². The van der Waals surface area contributed by atoms with E-state index >= 15 is 0 Å². The van der Waals surface area contributed by atoms with E-state index in [1.165, 1.54) is 17.5 Å². The van der Waals surface area contributed by atoms with Crippen molar-refractivity contribution >= 4 is 27.6 Å². The van der Waals surface area contributed by atoms with Gasteiger partial charge < -0.3 is 14.8 Å². The van der Waals surface area contributed by atoms with Gasteiger partial charge >= 0.3 is 5.97 Å². The van der Waals surface area contributed by atoms with E-state index in [-0.39, 0.29) is 36.2 Å². The first-order valence-corrected chi connectivity index (χ1v) is 11.6. The third kappa shape index (κ3) is 5.25. The van der Waals surface area contributed by atoms with Crippen molar-refractivity contribution in [1.29, 1.82) is 0 Å². The Morgan fingerprint density at radius 3 is 2.56 bits per heavy atom. The summed E-state index contributed by atoms with van der Waals surface area (Å²) in [6, 6.07) is 9.55. The van der Waals surface area contributed by atoms with Gasteiger partial charge in [-0.25, -0.2) is 17.6 Å². The molecule has 1 N–H and O–H groups in total. The Morgan fingerprint density at radius 2 is 1.91 bits per heavy atom. The monoisotopic (exact) mass is 464 g/mol. The minimum atomic E-state index is -4.05. The Kier molecular flexibility index (Phi) is 7.47. The number of hydrogen-bond donors (Lipinski definition) is 1. The zero-order valence-corrected chi connectivity index (χ0v) is 18.7. The lowest BCUT2D eigenvalue weighted by Gasteiger charge is -2.31. The van der Waals surface area contributed by atoms with Crippen LogP contribution in [-0.4, -0.2) is 51.4 Å². The zero-order chi connectivity index (χ0) is 23.3. The molecule has 0 radical (unpaired) electrons. The van der Waals surface area contributed by atoms with Crippen LogP contribution < -0.4 is 10.1 Å². The number of amides is 1. The number of rotatable bonds is 7. The Hall–Kier alpha value is -2.98. The molecule has 10 heteroatoms. The molecule has 1 aliphatic heterocycles. The van der Waals surface area contributed by atoms with Crippen LogP contribution in [0, 0.1) is 11.7 Å². The molecule has 1 heterocycles. The number of esters is 1. The highest BCUT2D eigenvalue weighted by Crippen LogP contribution is 2.30. The van der Waals surface area contributed by atoms with E-state index in [9.17, 15) is 22.4 Å². The number of sulfonamides is 1. The highest BCUT2D eigenvalue weighted by atomic mass is 32.2. The summed E-state index contributed by atoms with van der Waals surface area (Å²) < 4.78 is 51.1. The zero-order valence-electron chi connectivity index (χ0n) is 17.8. The Bertz CT molecular complexity index is 1090. The number of anilines is 1. The van der Waals surface area contributed by atoms with Gasteiger partial charge in [0.1, 0.15) is 16.5 Å². The van der Waals surface area contributed by atoms with Crippen molar-refractivity contribution in [3.05, 3.63) is 53.8 Å². The molecule has 0 saturated carbocycles. The molecule has 1 saturated heterocycles. The maximum absolute atomic E-state index is 13.7. The highest BCUT2D eigenvalue weighted by molar-refractivity contribution is 7.89. The standard InChI is InChI=1S/C22H25FN2O6S/c1-3-31-22(27)15-6-9-18(10-7-15)24-21(26)16-5-4-12-25(14-16)32(28,29)20-13-17(23)8-11-19(20)30-2/h6-11,13,16H,3-5,12,14H2,1-2H3,(H,24,26). The van der Waals surface area contributed by atoms with E-state index in [1.807, 2.05) is 0 Å². The molecule has 2 aromatic rings. The number of nitrogens with one attached hydrogen (secondary N) is 1. The fourth-order valence-electron chi connectivity index (χ4n) is 3.51. The predicted molar refractivity (Wildman–Crippen MR) is 115 cm³/mol.